The maximum Gasteiger partial charge on any atom is 0.285 e. The number of nitrogens with zero attached hydrogens (tertiary/aromatic N) is 2. The van der Waals surface area contributed by atoms with Gasteiger partial charge < -0.3 is 25.8 Å². The summed E-state index contributed by atoms with van der Waals surface area (Å²) < 4.78 is 19.5. The molecule has 1 heterocycles. The van der Waals surface area contributed by atoms with Gasteiger partial charge in [0.25, 0.3) is 11.8 Å². The molecule has 1 aromatic rings. The first kappa shape index (κ1) is 25.6. The van der Waals surface area contributed by atoms with Crippen LogP contribution in [0.1, 0.15) is 55.5 Å². The van der Waals surface area contributed by atoms with E-state index in [1.54, 1.807) is 12.1 Å². The summed E-state index contributed by atoms with van der Waals surface area (Å²) in [5.41, 5.74) is 5.24. The number of alkyl halides is 1. The molecule has 178 valence electrons. The highest BCUT2D eigenvalue weighted by molar-refractivity contribution is 5.96. The molecule has 1 saturated heterocycles. The number of aliphatic hydroxyl groups excluding tert-OH is 1. The van der Waals surface area contributed by atoms with Crippen LogP contribution in [0.4, 0.5) is 4.39 Å². The first-order valence-electron chi connectivity index (χ1n) is 11.1. The molecular weight excluding hydrogens is 415 g/mol. The Kier molecular flexibility index (Phi) is 9.43. The average Bonchev–Trinajstić information content (AvgIpc) is 2.74. The molecule has 1 aliphatic heterocycles. The van der Waals surface area contributed by atoms with Gasteiger partial charge in [0.1, 0.15) is 5.75 Å². The molecular formula is C23H35FN4O4. The van der Waals surface area contributed by atoms with Crippen molar-refractivity contribution in [2.24, 2.45) is 16.6 Å². The minimum Gasteiger partial charge on any atom is -0.494 e. The number of carbonyl (C=O) groups is 2. The molecule has 2 amide bonds. The Labute approximate surface area is 189 Å². The van der Waals surface area contributed by atoms with Gasteiger partial charge in [0, 0.05) is 25.2 Å². The van der Waals surface area contributed by atoms with Crippen LogP contribution in [0.5, 0.6) is 5.75 Å². The molecule has 0 radical (unpaired) electrons. The Morgan fingerprint density at radius 3 is 2.62 bits per heavy atom. The van der Waals surface area contributed by atoms with E-state index in [-0.39, 0.29) is 25.0 Å². The van der Waals surface area contributed by atoms with Crippen LogP contribution in [0.15, 0.2) is 23.2 Å². The summed E-state index contributed by atoms with van der Waals surface area (Å²) in [6.45, 7) is 6.30. The van der Waals surface area contributed by atoms with Crippen LogP contribution in [0.25, 0.3) is 0 Å². The van der Waals surface area contributed by atoms with Crippen molar-refractivity contribution in [1.82, 2.24) is 10.2 Å². The minimum absolute atomic E-state index is 0.0892. The normalized spacial score (nSPS) is 15.5. The third-order valence-corrected chi connectivity index (χ3v) is 5.53. The average molecular weight is 451 g/mol. The second-order valence-corrected chi connectivity index (χ2v) is 8.62. The van der Waals surface area contributed by atoms with E-state index in [2.05, 4.69) is 10.3 Å². The monoisotopic (exact) mass is 450 g/mol. The second kappa shape index (κ2) is 11.8. The molecule has 2 rings (SSSR count). The fraction of sp³-hybridized carbons (Fsp3) is 0.609. The van der Waals surface area contributed by atoms with E-state index in [0.29, 0.717) is 31.2 Å². The molecule has 4 N–H and O–H groups in total. The Balaban J connectivity index is 1.71. The van der Waals surface area contributed by atoms with Gasteiger partial charge in [0.2, 0.25) is 0 Å². The van der Waals surface area contributed by atoms with Crippen LogP contribution in [-0.2, 0) is 4.79 Å². The predicted molar refractivity (Wildman–Crippen MR) is 121 cm³/mol. The number of piperidine rings is 1. The number of aryl methyl sites for hydroxylation is 1. The predicted octanol–water partition coefficient (Wildman–Crippen LogP) is 2.18. The number of benzene rings is 1. The molecule has 0 saturated carbocycles. The minimum atomic E-state index is -2.02. The lowest BCUT2D eigenvalue weighted by Crippen LogP contribution is -2.44. The summed E-state index contributed by atoms with van der Waals surface area (Å²) in [5, 5.41) is 11.5. The van der Waals surface area contributed by atoms with Gasteiger partial charge in [-0.3, -0.25) is 9.59 Å². The first-order valence-corrected chi connectivity index (χ1v) is 11.1. The van der Waals surface area contributed by atoms with E-state index in [9.17, 15) is 14.0 Å². The Hall–Kier alpha value is -2.68. The summed E-state index contributed by atoms with van der Waals surface area (Å²) in [6.07, 6.45) is 3.78. The lowest BCUT2D eigenvalue weighted by atomic mass is 9.92. The standard InChI is InChI=1S/C23H35FN4O4/c1-16-15-18(6-7-19(16)20(30)26-10-13-29)32-14-4-5-17-8-11-28(12-9-17)22(25)27-21(31)23(2,3)24/h6-7,15,17,29H,4-5,8-14H2,1-3H3,(H,26,30)(H2,25,27,31). The van der Waals surface area contributed by atoms with Gasteiger partial charge in [-0.1, -0.05) is 0 Å². The smallest absolute Gasteiger partial charge is 0.285 e. The highest BCUT2D eigenvalue weighted by Gasteiger charge is 2.28. The van der Waals surface area contributed by atoms with E-state index < -0.39 is 11.6 Å². The van der Waals surface area contributed by atoms with Gasteiger partial charge in [-0.2, -0.15) is 4.99 Å². The fourth-order valence-electron chi connectivity index (χ4n) is 3.57. The zero-order chi connectivity index (χ0) is 23.7. The number of carbonyl (C=O) groups excluding carboxylic acids is 2. The van der Waals surface area contributed by atoms with Crippen molar-refractivity contribution in [3.8, 4) is 5.75 Å². The highest BCUT2D eigenvalue weighted by Crippen LogP contribution is 2.23. The van der Waals surface area contributed by atoms with E-state index in [4.69, 9.17) is 15.6 Å². The van der Waals surface area contributed by atoms with Crippen LogP contribution in [-0.4, -0.2) is 66.3 Å². The quantitative estimate of drug-likeness (QED) is 0.302. The van der Waals surface area contributed by atoms with Crippen LogP contribution in [0, 0.1) is 12.8 Å². The molecule has 32 heavy (non-hydrogen) atoms. The van der Waals surface area contributed by atoms with Gasteiger partial charge in [-0.05, 0) is 76.1 Å². The van der Waals surface area contributed by atoms with Crippen LogP contribution in [0.2, 0.25) is 0 Å². The van der Waals surface area contributed by atoms with E-state index in [1.807, 2.05) is 17.9 Å². The number of aliphatic hydroxyl groups is 1. The van der Waals surface area contributed by atoms with E-state index >= 15 is 0 Å². The van der Waals surface area contributed by atoms with Gasteiger partial charge >= 0.3 is 0 Å². The molecule has 0 aromatic heterocycles. The number of hydrogen-bond donors (Lipinski definition) is 3. The maximum atomic E-state index is 13.6. The second-order valence-electron chi connectivity index (χ2n) is 8.62. The molecule has 0 aliphatic carbocycles. The van der Waals surface area contributed by atoms with Crippen molar-refractivity contribution in [1.29, 1.82) is 0 Å². The number of aliphatic imine (C=N–C) groups is 1. The topological polar surface area (TPSA) is 117 Å². The summed E-state index contributed by atoms with van der Waals surface area (Å²) in [4.78, 5) is 29.2. The Morgan fingerprint density at radius 1 is 1.34 bits per heavy atom. The largest absolute Gasteiger partial charge is 0.494 e. The lowest BCUT2D eigenvalue weighted by Gasteiger charge is -2.32. The SMILES string of the molecule is Cc1cc(OCCCC2CCN(C(N)=NC(=O)C(C)(C)F)CC2)ccc1C(=O)NCCO. The van der Waals surface area contributed by atoms with E-state index in [0.717, 1.165) is 37.0 Å². The maximum absolute atomic E-state index is 13.6. The molecule has 0 spiro atoms. The van der Waals surface area contributed by atoms with Gasteiger partial charge in [0.15, 0.2) is 11.6 Å². The van der Waals surface area contributed by atoms with Crippen molar-refractivity contribution in [2.75, 3.05) is 32.8 Å². The number of halogens is 1. The lowest BCUT2D eigenvalue weighted by molar-refractivity contribution is -0.127. The molecule has 0 unspecified atom stereocenters. The van der Waals surface area contributed by atoms with E-state index in [1.165, 1.54) is 13.8 Å². The van der Waals surface area contributed by atoms with Crippen molar-refractivity contribution < 1.29 is 23.8 Å². The summed E-state index contributed by atoms with van der Waals surface area (Å²) >= 11 is 0. The molecule has 8 nitrogen and oxygen atoms in total. The van der Waals surface area contributed by atoms with Crippen LogP contribution < -0.4 is 15.8 Å². The molecule has 9 heteroatoms. The Morgan fingerprint density at radius 2 is 2.03 bits per heavy atom. The number of nitrogens with one attached hydrogen (secondary N) is 1. The number of rotatable bonds is 9. The number of guanidine groups is 1. The molecule has 0 atom stereocenters. The summed E-state index contributed by atoms with van der Waals surface area (Å²) in [6, 6.07) is 5.35. The molecule has 1 aliphatic rings. The number of nitrogens with two attached hydrogens (primary N) is 1. The van der Waals surface area contributed by atoms with Gasteiger partial charge in [-0.15, -0.1) is 0 Å². The molecule has 1 aromatic carbocycles. The van der Waals surface area contributed by atoms with Gasteiger partial charge in [-0.25, -0.2) is 4.39 Å². The zero-order valence-electron chi connectivity index (χ0n) is 19.2. The van der Waals surface area contributed by atoms with Crippen molar-refractivity contribution in [2.45, 2.75) is 52.1 Å². The number of likely N-dealkylation sites (tertiary alicyclic amines) is 1. The van der Waals surface area contributed by atoms with Crippen LogP contribution >= 0.6 is 0 Å². The summed E-state index contributed by atoms with van der Waals surface area (Å²) in [7, 11) is 0. The third-order valence-electron chi connectivity index (χ3n) is 5.53. The van der Waals surface area contributed by atoms with Crippen molar-refractivity contribution >= 4 is 17.8 Å². The fourth-order valence-corrected chi connectivity index (χ4v) is 3.57. The molecule has 0 bridgehead atoms. The van der Waals surface area contributed by atoms with Crippen molar-refractivity contribution in [3.63, 3.8) is 0 Å². The zero-order valence-corrected chi connectivity index (χ0v) is 19.2. The number of amides is 2. The number of hydrogen-bond acceptors (Lipinski definition) is 4. The summed E-state index contributed by atoms with van der Waals surface area (Å²) in [5.74, 6) is 0.281. The highest BCUT2D eigenvalue weighted by atomic mass is 19.1. The van der Waals surface area contributed by atoms with Crippen molar-refractivity contribution in [3.05, 3.63) is 29.3 Å². The number of ether oxygens (including phenoxy) is 1. The molecule has 1 fully saturated rings. The first-order chi connectivity index (χ1) is 15.1. The van der Waals surface area contributed by atoms with Gasteiger partial charge in [0.05, 0.1) is 13.2 Å². The van der Waals surface area contributed by atoms with Crippen LogP contribution in [0.3, 0.4) is 0 Å². The Bertz CT molecular complexity index is 815. The third kappa shape index (κ3) is 7.78.